The largest absolute Gasteiger partial charge is 0.457 e. The summed E-state index contributed by atoms with van der Waals surface area (Å²) in [6.45, 7) is 4.29. The zero-order valence-electron chi connectivity index (χ0n) is 31.1. The second-order valence-electron chi connectivity index (χ2n) is 13.0. The smallest absolute Gasteiger partial charge is 0.306 e. The van der Waals surface area contributed by atoms with Crippen LogP contribution in [0.1, 0.15) is 129 Å². The maximum atomic E-state index is 12.7. The van der Waals surface area contributed by atoms with Crippen molar-refractivity contribution in [1.29, 1.82) is 0 Å². The average molecular weight is 707 g/mol. The average Bonchev–Trinajstić information content (AvgIpc) is 3.11. The predicted octanol–water partition coefficient (Wildman–Crippen LogP) is 7.57. The Hall–Kier alpha value is -2.11. The number of hydrogen-bond donors (Lipinski definition) is 4. The Morgan fingerprint density at radius 1 is 0.660 bits per heavy atom. The second-order valence-corrected chi connectivity index (χ2v) is 13.0. The van der Waals surface area contributed by atoms with Gasteiger partial charge in [0.15, 0.2) is 6.29 Å². The summed E-state index contributed by atoms with van der Waals surface area (Å²) in [6.07, 6.45) is 32.5. The van der Waals surface area contributed by atoms with Crippen molar-refractivity contribution in [1.82, 2.24) is 0 Å². The van der Waals surface area contributed by atoms with E-state index in [0.29, 0.717) is 13.0 Å². The van der Waals surface area contributed by atoms with Gasteiger partial charge in [-0.3, -0.25) is 4.79 Å². The van der Waals surface area contributed by atoms with Gasteiger partial charge in [0, 0.05) is 13.0 Å². The summed E-state index contributed by atoms with van der Waals surface area (Å²) < 4.78 is 22.7. The number of ether oxygens (including phenoxy) is 4. The normalized spacial score (nSPS) is 22.2. The van der Waals surface area contributed by atoms with Gasteiger partial charge < -0.3 is 39.4 Å². The number of allylic oxidation sites excluding steroid dienone is 10. The number of unbranched alkanes of at least 4 members (excludes halogenated alkanes) is 10. The van der Waals surface area contributed by atoms with Crippen LogP contribution in [0.2, 0.25) is 0 Å². The number of carbonyl (C=O) groups excluding carboxylic acids is 1. The van der Waals surface area contributed by atoms with E-state index in [2.05, 4.69) is 74.6 Å². The van der Waals surface area contributed by atoms with Gasteiger partial charge in [-0.2, -0.15) is 0 Å². The maximum absolute atomic E-state index is 12.7. The lowest BCUT2D eigenvalue weighted by molar-refractivity contribution is -0.305. The molecule has 0 spiro atoms. The lowest BCUT2D eigenvalue weighted by Crippen LogP contribution is -2.59. The Morgan fingerprint density at radius 3 is 1.84 bits per heavy atom. The topological polar surface area (TPSA) is 135 Å². The molecule has 6 unspecified atom stereocenters. The molecule has 0 amide bonds. The third-order valence-electron chi connectivity index (χ3n) is 8.40. The molecule has 1 rings (SSSR count). The molecule has 6 atom stereocenters. The van der Waals surface area contributed by atoms with Gasteiger partial charge in [0.1, 0.15) is 30.5 Å². The number of carbonyl (C=O) groups is 1. The highest BCUT2D eigenvalue weighted by atomic mass is 16.7. The Bertz CT molecular complexity index is 942. The molecule has 50 heavy (non-hydrogen) atoms. The second kappa shape index (κ2) is 32.8. The van der Waals surface area contributed by atoms with Gasteiger partial charge in [-0.1, -0.05) is 113 Å². The van der Waals surface area contributed by atoms with E-state index in [-0.39, 0.29) is 25.6 Å². The number of aliphatic hydroxyl groups excluding tert-OH is 4. The van der Waals surface area contributed by atoms with Crippen molar-refractivity contribution < 1.29 is 44.2 Å². The molecular formula is C41H70O9. The molecule has 1 heterocycles. The van der Waals surface area contributed by atoms with Crippen molar-refractivity contribution in [3.63, 3.8) is 0 Å². The van der Waals surface area contributed by atoms with Gasteiger partial charge in [0.05, 0.1) is 19.8 Å². The summed E-state index contributed by atoms with van der Waals surface area (Å²) in [6, 6.07) is 0. The first kappa shape index (κ1) is 45.9. The van der Waals surface area contributed by atoms with Gasteiger partial charge in [0.2, 0.25) is 0 Å². The fourth-order valence-electron chi connectivity index (χ4n) is 5.36. The molecule has 1 aliphatic rings. The Labute approximate surface area is 303 Å². The summed E-state index contributed by atoms with van der Waals surface area (Å²) >= 11 is 0. The first-order valence-electron chi connectivity index (χ1n) is 19.4. The van der Waals surface area contributed by atoms with Crippen LogP contribution in [0.5, 0.6) is 0 Å². The van der Waals surface area contributed by atoms with Crippen molar-refractivity contribution >= 4 is 5.97 Å². The SMILES string of the molecule is CC/C=C\C/C=C\C/C=C\CCCCCC(=O)OC(COCCCCCCCC/C=C\C/C=C\CCC)COC1OC(CO)C(O)C(O)C1O. The minimum absolute atomic E-state index is 0.122. The number of rotatable bonds is 31. The summed E-state index contributed by atoms with van der Waals surface area (Å²) in [7, 11) is 0. The fourth-order valence-corrected chi connectivity index (χ4v) is 5.36. The number of hydrogen-bond acceptors (Lipinski definition) is 9. The van der Waals surface area contributed by atoms with E-state index in [1.807, 2.05) is 0 Å². The summed E-state index contributed by atoms with van der Waals surface area (Å²) in [5.74, 6) is -0.350. The Kier molecular flexibility index (Phi) is 30.1. The minimum atomic E-state index is -1.54. The molecule has 0 bridgehead atoms. The van der Waals surface area contributed by atoms with Crippen LogP contribution in [0.15, 0.2) is 60.8 Å². The molecule has 0 aromatic heterocycles. The van der Waals surface area contributed by atoms with E-state index < -0.39 is 43.4 Å². The standard InChI is InChI=1S/C41H70O9/c1-3-5-7-9-11-13-15-17-19-21-23-25-27-29-31-47-33-35(34-48-41-40(46)39(45)38(44)36(32-42)50-41)49-37(43)30-28-26-24-22-20-18-16-14-12-10-8-6-4-2/h6-9,12-15,18,20,35-36,38-42,44-46H,3-5,10-11,16-17,19,21-34H2,1-2H3/b8-6-,9-7-,14-12-,15-13-,20-18-. The van der Waals surface area contributed by atoms with E-state index in [1.54, 1.807) is 0 Å². The van der Waals surface area contributed by atoms with Gasteiger partial charge in [-0.15, -0.1) is 0 Å². The van der Waals surface area contributed by atoms with Gasteiger partial charge in [-0.05, 0) is 70.6 Å². The highest BCUT2D eigenvalue weighted by Crippen LogP contribution is 2.22. The first-order chi connectivity index (χ1) is 24.4. The van der Waals surface area contributed by atoms with Gasteiger partial charge >= 0.3 is 5.97 Å². The Balaban J connectivity index is 2.36. The van der Waals surface area contributed by atoms with Gasteiger partial charge in [-0.25, -0.2) is 0 Å². The van der Waals surface area contributed by atoms with Gasteiger partial charge in [0.25, 0.3) is 0 Å². The molecule has 288 valence electrons. The highest BCUT2D eigenvalue weighted by molar-refractivity contribution is 5.69. The molecule has 9 nitrogen and oxygen atoms in total. The third-order valence-corrected chi connectivity index (χ3v) is 8.40. The molecule has 9 heteroatoms. The van der Waals surface area contributed by atoms with Crippen molar-refractivity contribution in [2.45, 2.75) is 166 Å². The van der Waals surface area contributed by atoms with E-state index >= 15 is 0 Å². The van der Waals surface area contributed by atoms with Crippen molar-refractivity contribution in [2.24, 2.45) is 0 Å². The van der Waals surface area contributed by atoms with Crippen LogP contribution in [-0.4, -0.2) is 89.6 Å². The lowest BCUT2D eigenvalue weighted by atomic mass is 9.99. The van der Waals surface area contributed by atoms with Crippen LogP contribution in [0.4, 0.5) is 0 Å². The first-order valence-corrected chi connectivity index (χ1v) is 19.4. The minimum Gasteiger partial charge on any atom is -0.457 e. The summed E-state index contributed by atoms with van der Waals surface area (Å²) in [4.78, 5) is 12.7. The quantitative estimate of drug-likeness (QED) is 0.0327. The van der Waals surface area contributed by atoms with E-state index in [1.165, 1.54) is 25.7 Å². The van der Waals surface area contributed by atoms with Crippen molar-refractivity contribution in [3.8, 4) is 0 Å². The molecule has 4 N–H and O–H groups in total. The monoisotopic (exact) mass is 707 g/mol. The predicted molar refractivity (Wildman–Crippen MR) is 201 cm³/mol. The molecule has 0 aliphatic carbocycles. The van der Waals surface area contributed by atoms with E-state index in [4.69, 9.17) is 18.9 Å². The molecule has 1 saturated heterocycles. The molecule has 1 aliphatic heterocycles. The number of esters is 1. The van der Waals surface area contributed by atoms with Crippen LogP contribution in [0.25, 0.3) is 0 Å². The molecule has 1 fully saturated rings. The highest BCUT2D eigenvalue weighted by Gasteiger charge is 2.44. The van der Waals surface area contributed by atoms with E-state index in [0.717, 1.165) is 77.0 Å². The number of aliphatic hydroxyl groups is 4. The molecule has 0 radical (unpaired) electrons. The van der Waals surface area contributed by atoms with Crippen LogP contribution < -0.4 is 0 Å². The van der Waals surface area contributed by atoms with E-state index in [9.17, 15) is 25.2 Å². The fraction of sp³-hybridized carbons (Fsp3) is 0.732. The molecule has 0 aromatic carbocycles. The van der Waals surface area contributed by atoms with Crippen LogP contribution in [-0.2, 0) is 23.7 Å². The van der Waals surface area contributed by atoms with Crippen LogP contribution >= 0.6 is 0 Å². The Morgan fingerprint density at radius 2 is 1.22 bits per heavy atom. The van der Waals surface area contributed by atoms with Crippen LogP contribution in [0.3, 0.4) is 0 Å². The lowest BCUT2D eigenvalue weighted by Gasteiger charge is -2.39. The maximum Gasteiger partial charge on any atom is 0.306 e. The summed E-state index contributed by atoms with van der Waals surface area (Å²) in [5.41, 5.74) is 0. The van der Waals surface area contributed by atoms with Crippen LogP contribution in [0, 0.1) is 0 Å². The summed E-state index contributed by atoms with van der Waals surface area (Å²) in [5, 5.41) is 39.9. The van der Waals surface area contributed by atoms with Crippen molar-refractivity contribution in [3.05, 3.63) is 60.8 Å². The third kappa shape index (κ3) is 24.1. The molecular weight excluding hydrogens is 636 g/mol. The molecule has 0 saturated carbocycles. The van der Waals surface area contributed by atoms with Crippen molar-refractivity contribution in [2.75, 3.05) is 26.4 Å². The molecule has 0 aromatic rings. The zero-order chi connectivity index (χ0) is 36.5. The zero-order valence-corrected chi connectivity index (χ0v) is 31.1.